The molecule has 20 heavy (non-hydrogen) atoms. The van der Waals surface area contributed by atoms with Gasteiger partial charge in [0.2, 0.25) is 10.0 Å². The zero-order valence-electron chi connectivity index (χ0n) is 11.9. The van der Waals surface area contributed by atoms with Crippen molar-refractivity contribution in [1.82, 2.24) is 4.72 Å². The number of hydrogen-bond donors (Lipinski definition) is 1. The van der Waals surface area contributed by atoms with Gasteiger partial charge in [0.1, 0.15) is 0 Å². The Morgan fingerprint density at radius 3 is 2.50 bits per heavy atom. The molecule has 1 aliphatic carbocycles. The van der Waals surface area contributed by atoms with Crippen LogP contribution in [0.15, 0.2) is 29.2 Å². The second-order valence-corrected chi connectivity index (χ2v) is 7.75. The predicted molar refractivity (Wildman–Crippen MR) is 77.5 cm³/mol. The van der Waals surface area contributed by atoms with Gasteiger partial charge >= 0.3 is 0 Å². The molecular weight excluding hydrogens is 272 g/mol. The lowest BCUT2D eigenvalue weighted by atomic mass is 9.88. The first kappa shape index (κ1) is 15.0. The fourth-order valence-electron chi connectivity index (χ4n) is 2.68. The molecule has 2 rings (SSSR count). The normalized spacial score (nSPS) is 21.6. The highest BCUT2D eigenvalue weighted by molar-refractivity contribution is 7.89. The molecule has 5 heteroatoms. The fraction of sp³-hybridized carbons (Fsp3) is 0.533. The summed E-state index contributed by atoms with van der Waals surface area (Å²) in [5.74, 6) is 0. The average Bonchev–Trinajstić information content (AvgIpc) is 2.69. The van der Waals surface area contributed by atoms with Crippen molar-refractivity contribution in [3.8, 4) is 6.07 Å². The molecule has 0 aliphatic heterocycles. The van der Waals surface area contributed by atoms with Crippen LogP contribution < -0.4 is 4.72 Å². The summed E-state index contributed by atoms with van der Waals surface area (Å²) in [5, 5.41) is 8.62. The van der Waals surface area contributed by atoms with Crippen LogP contribution in [0.3, 0.4) is 0 Å². The minimum absolute atomic E-state index is 0.00776. The summed E-state index contributed by atoms with van der Waals surface area (Å²) in [4.78, 5) is 0.266. The number of benzene rings is 1. The Bertz CT molecular complexity index is 612. The number of hydrogen-bond acceptors (Lipinski definition) is 3. The highest BCUT2D eigenvalue weighted by Crippen LogP contribution is 2.37. The Labute approximate surface area is 120 Å². The molecule has 0 bridgehead atoms. The molecule has 1 atom stereocenters. The third-order valence-corrected chi connectivity index (χ3v) is 5.56. The molecule has 0 amide bonds. The first-order valence-corrected chi connectivity index (χ1v) is 8.32. The third-order valence-electron chi connectivity index (χ3n) is 4.07. The predicted octanol–water partition coefficient (Wildman–Crippen LogP) is 2.61. The number of nitriles is 1. The van der Waals surface area contributed by atoms with E-state index in [1.807, 2.05) is 6.07 Å². The SMILES string of the molecule is CC1(C)CCCC1NS(=O)(=O)c1ccc(CC#N)cc1. The largest absolute Gasteiger partial charge is 0.240 e. The first-order chi connectivity index (χ1) is 9.35. The van der Waals surface area contributed by atoms with E-state index in [1.54, 1.807) is 24.3 Å². The Morgan fingerprint density at radius 1 is 1.35 bits per heavy atom. The van der Waals surface area contributed by atoms with Crippen molar-refractivity contribution in [2.45, 2.75) is 50.5 Å². The molecule has 1 saturated carbocycles. The summed E-state index contributed by atoms with van der Waals surface area (Å²) in [7, 11) is -3.48. The van der Waals surface area contributed by atoms with Crippen molar-refractivity contribution in [2.75, 3.05) is 0 Å². The van der Waals surface area contributed by atoms with Crippen LogP contribution >= 0.6 is 0 Å². The molecular formula is C15H20N2O2S. The van der Waals surface area contributed by atoms with Crippen LogP contribution in [0.2, 0.25) is 0 Å². The Hall–Kier alpha value is -1.38. The van der Waals surface area contributed by atoms with Crippen molar-refractivity contribution in [1.29, 1.82) is 5.26 Å². The maximum atomic E-state index is 12.4. The van der Waals surface area contributed by atoms with Crippen LogP contribution in [0.4, 0.5) is 0 Å². The van der Waals surface area contributed by atoms with E-state index in [2.05, 4.69) is 18.6 Å². The molecule has 1 aliphatic rings. The van der Waals surface area contributed by atoms with Crippen molar-refractivity contribution in [3.63, 3.8) is 0 Å². The van der Waals surface area contributed by atoms with Gasteiger partial charge in [-0.3, -0.25) is 0 Å². The molecule has 1 aromatic carbocycles. The van der Waals surface area contributed by atoms with Gasteiger partial charge in [0.15, 0.2) is 0 Å². The molecule has 1 fully saturated rings. The molecule has 4 nitrogen and oxygen atoms in total. The fourth-order valence-corrected chi connectivity index (χ4v) is 4.12. The van der Waals surface area contributed by atoms with Crippen molar-refractivity contribution < 1.29 is 8.42 Å². The molecule has 0 saturated heterocycles. The van der Waals surface area contributed by atoms with Crippen molar-refractivity contribution >= 4 is 10.0 Å². The molecule has 0 radical (unpaired) electrons. The summed E-state index contributed by atoms with van der Waals surface area (Å²) in [6.45, 7) is 4.20. The van der Waals surface area contributed by atoms with E-state index in [0.717, 1.165) is 24.8 Å². The summed E-state index contributed by atoms with van der Waals surface area (Å²) >= 11 is 0. The van der Waals surface area contributed by atoms with E-state index in [1.165, 1.54) is 0 Å². The van der Waals surface area contributed by atoms with Crippen LogP contribution in [0, 0.1) is 16.7 Å². The number of nitrogens with one attached hydrogen (secondary N) is 1. The van der Waals surface area contributed by atoms with Gasteiger partial charge in [-0.05, 0) is 36.0 Å². The van der Waals surface area contributed by atoms with E-state index in [9.17, 15) is 8.42 Å². The van der Waals surface area contributed by atoms with Crippen molar-refractivity contribution in [2.24, 2.45) is 5.41 Å². The van der Waals surface area contributed by atoms with E-state index in [4.69, 9.17) is 5.26 Å². The second kappa shape index (κ2) is 5.55. The first-order valence-electron chi connectivity index (χ1n) is 6.83. The smallest absolute Gasteiger partial charge is 0.208 e. The lowest BCUT2D eigenvalue weighted by molar-refractivity contribution is 0.313. The summed E-state index contributed by atoms with van der Waals surface area (Å²) in [6.07, 6.45) is 3.28. The second-order valence-electron chi connectivity index (χ2n) is 6.03. The highest BCUT2D eigenvalue weighted by Gasteiger charge is 2.37. The zero-order valence-corrected chi connectivity index (χ0v) is 12.7. The van der Waals surface area contributed by atoms with E-state index in [-0.39, 0.29) is 16.4 Å². The van der Waals surface area contributed by atoms with Gasteiger partial charge in [0.05, 0.1) is 17.4 Å². The van der Waals surface area contributed by atoms with Gasteiger partial charge in [-0.25, -0.2) is 13.1 Å². The number of rotatable bonds is 4. The molecule has 108 valence electrons. The van der Waals surface area contributed by atoms with Crippen molar-refractivity contribution in [3.05, 3.63) is 29.8 Å². The van der Waals surface area contributed by atoms with Crippen LogP contribution in [0.25, 0.3) is 0 Å². The van der Waals surface area contributed by atoms with E-state index < -0.39 is 10.0 Å². The minimum Gasteiger partial charge on any atom is -0.208 e. The topological polar surface area (TPSA) is 70.0 Å². The van der Waals surface area contributed by atoms with Crippen LogP contribution in [-0.2, 0) is 16.4 Å². The molecule has 0 aromatic heterocycles. The highest BCUT2D eigenvalue weighted by atomic mass is 32.2. The summed E-state index contributed by atoms with van der Waals surface area (Å²) < 4.78 is 27.6. The van der Waals surface area contributed by atoms with Crippen LogP contribution in [0.1, 0.15) is 38.7 Å². The lowest BCUT2D eigenvalue weighted by Crippen LogP contribution is -2.41. The quantitative estimate of drug-likeness (QED) is 0.927. The summed E-state index contributed by atoms with van der Waals surface area (Å²) in [5.41, 5.74) is 0.834. The minimum atomic E-state index is -3.48. The molecule has 0 spiro atoms. The Kier molecular flexibility index (Phi) is 4.17. The summed E-state index contributed by atoms with van der Waals surface area (Å²) in [6, 6.07) is 8.56. The lowest BCUT2D eigenvalue weighted by Gasteiger charge is -2.27. The average molecular weight is 292 g/mol. The molecule has 0 heterocycles. The maximum Gasteiger partial charge on any atom is 0.240 e. The van der Waals surface area contributed by atoms with Gasteiger partial charge in [0, 0.05) is 6.04 Å². The van der Waals surface area contributed by atoms with Gasteiger partial charge in [-0.1, -0.05) is 32.4 Å². The molecule has 1 N–H and O–H groups in total. The molecule has 1 aromatic rings. The Morgan fingerprint density at radius 2 is 2.00 bits per heavy atom. The van der Waals surface area contributed by atoms with Gasteiger partial charge in [-0.15, -0.1) is 0 Å². The van der Waals surface area contributed by atoms with Crippen LogP contribution in [-0.4, -0.2) is 14.5 Å². The van der Waals surface area contributed by atoms with Crippen LogP contribution in [0.5, 0.6) is 0 Å². The van der Waals surface area contributed by atoms with Gasteiger partial charge in [0.25, 0.3) is 0 Å². The Balaban J connectivity index is 2.16. The third kappa shape index (κ3) is 3.20. The molecule has 1 unspecified atom stereocenters. The number of sulfonamides is 1. The monoisotopic (exact) mass is 292 g/mol. The standard InChI is InChI=1S/C15H20N2O2S/c1-15(2)10-3-4-14(15)17-20(18,19)13-7-5-12(6-8-13)9-11-16/h5-8,14,17H,3-4,9-10H2,1-2H3. The number of nitrogens with zero attached hydrogens (tertiary/aromatic N) is 1. The zero-order chi connectivity index (χ0) is 14.8. The van der Waals surface area contributed by atoms with E-state index >= 15 is 0 Å². The van der Waals surface area contributed by atoms with Gasteiger partial charge < -0.3 is 0 Å². The maximum absolute atomic E-state index is 12.4. The van der Waals surface area contributed by atoms with E-state index in [0.29, 0.717) is 6.42 Å². The van der Waals surface area contributed by atoms with Gasteiger partial charge in [-0.2, -0.15) is 5.26 Å².